The second kappa shape index (κ2) is 10.5. The first kappa shape index (κ1) is 26.3. The molecule has 3 rings (SSSR count). The third-order valence-corrected chi connectivity index (χ3v) is 6.81. The molecule has 1 unspecified atom stereocenters. The van der Waals surface area contributed by atoms with Gasteiger partial charge in [0.1, 0.15) is 11.5 Å². The highest BCUT2D eigenvalue weighted by Gasteiger charge is 2.40. The minimum absolute atomic E-state index is 0.00976. The van der Waals surface area contributed by atoms with Gasteiger partial charge in [0, 0.05) is 23.3 Å². The Morgan fingerprint density at radius 2 is 1.97 bits per heavy atom. The van der Waals surface area contributed by atoms with E-state index in [1.807, 2.05) is 7.05 Å². The summed E-state index contributed by atoms with van der Waals surface area (Å²) in [5, 5.41) is 0. The normalized spacial score (nSPS) is 19.3. The van der Waals surface area contributed by atoms with Crippen LogP contribution in [0.4, 0.5) is 22.0 Å². The molecule has 0 aromatic heterocycles. The smallest absolute Gasteiger partial charge is 0.416 e. The van der Waals surface area contributed by atoms with Crippen molar-refractivity contribution < 1.29 is 36.2 Å². The molecule has 10 heteroatoms. The van der Waals surface area contributed by atoms with Crippen LogP contribution in [0.3, 0.4) is 0 Å². The van der Waals surface area contributed by atoms with Crippen molar-refractivity contribution in [3.8, 4) is 11.5 Å². The Labute approximate surface area is 199 Å². The molecule has 1 saturated heterocycles. The van der Waals surface area contributed by atoms with E-state index >= 15 is 0 Å². The maximum atomic E-state index is 13.6. The second-order valence-corrected chi connectivity index (χ2v) is 9.23. The lowest BCUT2D eigenvalue weighted by molar-refractivity contribution is -0.137. The Morgan fingerprint density at radius 3 is 2.56 bits per heavy atom. The molecular weight excluding hydrogens is 477 g/mol. The van der Waals surface area contributed by atoms with Crippen LogP contribution < -0.4 is 9.47 Å². The first-order valence-corrected chi connectivity index (χ1v) is 11.8. The summed E-state index contributed by atoms with van der Waals surface area (Å²) in [7, 11) is 3.13. The number of ether oxygens (including phenoxy) is 2. The second-order valence-electron chi connectivity index (χ2n) is 8.38. The van der Waals surface area contributed by atoms with Gasteiger partial charge in [0.25, 0.3) is 0 Å². The lowest BCUT2D eigenvalue weighted by atomic mass is 9.70. The van der Waals surface area contributed by atoms with Gasteiger partial charge in [0.15, 0.2) is 5.78 Å². The van der Waals surface area contributed by atoms with Crippen molar-refractivity contribution in [1.29, 1.82) is 0 Å². The van der Waals surface area contributed by atoms with Crippen LogP contribution in [0.2, 0.25) is 0 Å². The molecule has 1 heterocycles. The van der Waals surface area contributed by atoms with E-state index in [1.54, 1.807) is 18.4 Å². The molecule has 0 spiro atoms. The number of ketones is 1. The Hall–Kier alpha value is -2.33. The Balaban J connectivity index is 2.06. The van der Waals surface area contributed by atoms with Gasteiger partial charge in [0.05, 0.1) is 18.2 Å². The molecule has 1 aliphatic rings. The summed E-state index contributed by atoms with van der Waals surface area (Å²) in [6.07, 6.45) is -1.63. The lowest BCUT2D eigenvalue weighted by Crippen LogP contribution is -2.45. The fourth-order valence-electron chi connectivity index (χ4n) is 4.59. The Kier molecular flexibility index (Phi) is 8.13. The predicted octanol–water partition coefficient (Wildman–Crippen LogP) is 6.27. The molecule has 2 aromatic carbocycles. The minimum atomic E-state index is -4.59. The number of carbonyl (C=O) groups excluding carboxylic acids is 1. The van der Waals surface area contributed by atoms with Crippen molar-refractivity contribution in [2.75, 3.05) is 33.5 Å². The number of methoxy groups -OCH3 is 1. The van der Waals surface area contributed by atoms with Crippen LogP contribution in [0.5, 0.6) is 11.5 Å². The van der Waals surface area contributed by atoms with Crippen molar-refractivity contribution in [3.05, 3.63) is 53.1 Å². The molecule has 2 aromatic rings. The zero-order valence-electron chi connectivity index (χ0n) is 19.0. The van der Waals surface area contributed by atoms with Crippen molar-refractivity contribution in [3.63, 3.8) is 0 Å². The monoisotopic (exact) mass is 503 g/mol. The summed E-state index contributed by atoms with van der Waals surface area (Å²) < 4.78 is 75.4. The van der Waals surface area contributed by atoms with Gasteiger partial charge in [-0.15, -0.1) is 11.8 Å². The number of piperidine rings is 1. The van der Waals surface area contributed by atoms with E-state index < -0.39 is 23.8 Å². The molecule has 1 aliphatic heterocycles. The van der Waals surface area contributed by atoms with Crippen LogP contribution in [-0.2, 0) is 11.6 Å². The SMILES string of the molecule is COc1cc(C(F)(F)F)cc(SC)c1C(=O)CC1(c2cccc(OC(F)F)c2)CCCN(C)C1. The number of benzene rings is 2. The molecule has 186 valence electrons. The molecule has 0 saturated carbocycles. The van der Waals surface area contributed by atoms with Gasteiger partial charge in [-0.2, -0.15) is 22.0 Å². The van der Waals surface area contributed by atoms with Crippen molar-refractivity contribution in [1.82, 2.24) is 4.90 Å². The summed E-state index contributed by atoms with van der Waals surface area (Å²) in [5.41, 5.74) is -0.860. The maximum absolute atomic E-state index is 13.6. The van der Waals surface area contributed by atoms with Crippen molar-refractivity contribution in [2.24, 2.45) is 0 Å². The first-order chi connectivity index (χ1) is 16.0. The van der Waals surface area contributed by atoms with Crippen LogP contribution >= 0.6 is 11.8 Å². The van der Waals surface area contributed by atoms with Gasteiger partial charge in [-0.3, -0.25) is 4.79 Å². The van der Waals surface area contributed by atoms with E-state index in [9.17, 15) is 26.7 Å². The number of hydrogen-bond acceptors (Lipinski definition) is 5. The fourth-order valence-corrected chi connectivity index (χ4v) is 5.26. The van der Waals surface area contributed by atoms with E-state index in [-0.39, 0.29) is 34.2 Å². The average Bonchev–Trinajstić information content (AvgIpc) is 2.77. The van der Waals surface area contributed by atoms with Crippen LogP contribution in [0, 0.1) is 0 Å². The highest BCUT2D eigenvalue weighted by molar-refractivity contribution is 7.98. The maximum Gasteiger partial charge on any atom is 0.416 e. The highest BCUT2D eigenvalue weighted by atomic mass is 32.2. The number of thioether (sulfide) groups is 1. The largest absolute Gasteiger partial charge is 0.496 e. The first-order valence-electron chi connectivity index (χ1n) is 10.6. The Bertz CT molecular complexity index is 1000. The predicted molar refractivity (Wildman–Crippen MR) is 120 cm³/mol. The molecule has 0 aliphatic carbocycles. The zero-order chi connectivity index (χ0) is 25.1. The summed E-state index contributed by atoms with van der Waals surface area (Å²) in [6, 6.07) is 8.09. The van der Waals surface area contributed by atoms with Gasteiger partial charge < -0.3 is 14.4 Å². The van der Waals surface area contributed by atoms with Crippen LogP contribution in [0.25, 0.3) is 0 Å². The lowest BCUT2D eigenvalue weighted by Gasteiger charge is -2.42. The molecule has 4 nitrogen and oxygen atoms in total. The third kappa shape index (κ3) is 5.83. The standard InChI is InChI=1S/C24H26F5NO3S/c1-30-9-5-8-23(14-30,15-6-4-7-17(10-15)33-22(25)26)13-18(31)21-19(32-2)11-16(24(27,28)29)12-20(21)34-3/h4,6-7,10-12,22H,5,8-9,13-14H2,1-3H3. The quantitative estimate of drug-likeness (QED) is 0.241. The number of likely N-dealkylation sites (N-methyl/N-ethyl adjacent to an activating group) is 1. The summed E-state index contributed by atoms with van der Waals surface area (Å²) in [4.78, 5) is 15.9. The average molecular weight is 504 g/mol. The van der Waals surface area contributed by atoms with Crippen molar-refractivity contribution in [2.45, 2.75) is 42.4 Å². The Morgan fingerprint density at radius 1 is 1.24 bits per heavy atom. The molecule has 1 atom stereocenters. The number of rotatable bonds is 8. The molecule has 0 radical (unpaired) electrons. The van der Waals surface area contributed by atoms with E-state index in [2.05, 4.69) is 9.64 Å². The number of likely N-dealkylation sites (tertiary alicyclic amines) is 1. The number of hydrogen-bond donors (Lipinski definition) is 0. The van der Waals surface area contributed by atoms with Gasteiger partial charge in [-0.05, 0) is 62.5 Å². The van der Waals surface area contributed by atoms with Crippen LogP contribution in [0.1, 0.15) is 40.7 Å². The van der Waals surface area contributed by atoms with Gasteiger partial charge in [-0.1, -0.05) is 12.1 Å². The number of carbonyl (C=O) groups is 1. The molecule has 0 N–H and O–H groups in total. The highest BCUT2D eigenvalue weighted by Crippen LogP contribution is 2.43. The van der Waals surface area contributed by atoms with Crippen LogP contribution in [-0.4, -0.2) is 50.8 Å². The molecule has 0 amide bonds. The molecule has 0 bridgehead atoms. The zero-order valence-corrected chi connectivity index (χ0v) is 19.9. The summed E-state index contributed by atoms with van der Waals surface area (Å²) in [6.45, 7) is -1.69. The van der Waals surface area contributed by atoms with E-state index in [4.69, 9.17) is 4.74 Å². The number of Topliss-reactive ketones (excluding diaryl/α,β-unsaturated/α-hetero) is 1. The summed E-state index contributed by atoms with van der Waals surface area (Å²) in [5.74, 6) is -0.520. The van der Waals surface area contributed by atoms with Crippen LogP contribution in [0.15, 0.2) is 41.3 Å². The summed E-state index contributed by atoms with van der Waals surface area (Å²) >= 11 is 1.04. The van der Waals surface area contributed by atoms with E-state index in [0.717, 1.165) is 36.9 Å². The van der Waals surface area contributed by atoms with Crippen molar-refractivity contribution >= 4 is 17.5 Å². The molecule has 1 fully saturated rings. The molecule has 34 heavy (non-hydrogen) atoms. The fraction of sp³-hybridized carbons (Fsp3) is 0.458. The number of alkyl halides is 5. The number of halogens is 5. The van der Waals surface area contributed by atoms with Gasteiger partial charge in [0.2, 0.25) is 0 Å². The molecular formula is C24H26F5NO3S. The minimum Gasteiger partial charge on any atom is -0.496 e. The third-order valence-electron chi connectivity index (χ3n) is 6.05. The van der Waals surface area contributed by atoms with Gasteiger partial charge >= 0.3 is 12.8 Å². The topological polar surface area (TPSA) is 38.8 Å². The van der Waals surface area contributed by atoms with E-state index in [1.165, 1.54) is 19.2 Å². The van der Waals surface area contributed by atoms with E-state index in [0.29, 0.717) is 18.5 Å². The van der Waals surface area contributed by atoms with Gasteiger partial charge in [-0.25, -0.2) is 0 Å². The number of nitrogens with zero attached hydrogens (tertiary/aromatic N) is 1.